The van der Waals surface area contributed by atoms with Crippen molar-refractivity contribution in [3.63, 3.8) is 0 Å². The molecule has 0 saturated heterocycles. The average molecular weight is 299 g/mol. The van der Waals surface area contributed by atoms with Crippen LogP contribution in [-0.4, -0.2) is 22.0 Å². The zero-order valence-electron chi connectivity index (χ0n) is 10.7. The van der Waals surface area contributed by atoms with E-state index in [4.69, 9.17) is 28.6 Å². The molecule has 0 aliphatic rings. The number of ether oxygens (including phenoxy) is 1. The fourth-order valence-electron chi connectivity index (χ4n) is 1.72. The highest BCUT2D eigenvalue weighted by molar-refractivity contribution is 7.71. The number of aromatic amines is 1. The maximum atomic E-state index is 6.08. The van der Waals surface area contributed by atoms with Gasteiger partial charge in [-0.25, -0.2) is 4.68 Å². The zero-order chi connectivity index (χ0) is 13.8. The molecule has 0 fully saturated rings. The Bertz CT molecular complexity index is 622. The second kappa shape index (κ2) is 6.08. The fourth-order valence-corrected chi connectivity index (χ4v) is 2.22. The Morgan fingerprint density at radius 1 is 1.53 bits per heavy atom. The fraction of sp³-hybridized carbons (Fsp3) is 0.333. The number of aromatic nitrogens is 3. The van der Waals surface area contributed by atoms with Crippen molar-refractivity contribution < 1.29 is 4.74 Å². The number of H-pyrrole nitrogens is 1. The normalized spacial score (nSPS) is 10.5. The van der Waals surface area contributed by atoms with Gasteiger partial charge in [0.25, 0.3) is 0 Å². The molecule has 7 heteroatoms. The Kier molecular flexibility index (Phi) is 4.44. The minimum Gasteiger partial charge on any atom is -0.495 e. The van der Waals surface area contributed by atoms with E-state index in [2.05, 4.69) is 15.6 Å². The van der Waals surface area contributed by atoms with Crippen LogP contribution in [0, 0.1) is 4.77 Å². The first-order valence-electron chi connectivity index (χ1n) is 5.88. The Morgan fingerprint density at radius 3 is 2.95 bits per heavy atom. The van der Waals surface area contributed by atoms with Gasteiger partial charge in [-0.2, -0.15) is 5.10 Å². The van der Waals surface area contributed by atoms with Crippen LogP contribution in [0.3, 0.4) is 0 Å². The molecule has 2 rings (SSSR count). The van der Waals surface area contributed by atoms with Crippen LogP contribution >= 0.6 is 23.8 Å². The molecule has 2 N–H and O–H groups in total. The molecule has 1 heterocycles. The second-order valence-electron chi connectivity index (χ2n) is 3.94. The number of halogens is 1. The molecule has 1 aromatic carbocycles. The van der Waals surface area contributed by atoms with Crippen LogP contribution in [0.25, 0.3) is 0 Å². The van der Waals surface area contributed by atoms with Crippen LogP contribution in [0.5, 0.6) is 5.75 Å². The highest BCUT2D eigenvalue weighted by Gasteiger charge is 2.05. The van der Waals surface area contributed by atoms with Gasteiger partial charge >= 0.3 is 0 Å². The number of methoxy groups -OCH3 is 1. The predicted octanol–water partition coefficient (Wildman–Crippen LogP) is 2.91. The lowest BCUT2D eigenvalue weighted by molar-refractivity contribution is 0.415. The molecule has 0 unspecified atom stereocenters. The first kappa shape index (κ1) is 13.9. The van der Waals surface area contributed by atoms with Gasteiger partial charge in [-0.05, 0) is 29.9 Å². The van der Waals surface area contributed by atoms with E-state index in [0.29, 0.717) is 22.1 Å². The average Bonchev–Trinajstić information content (AvgIpc) is 2.77. The summed E-state index contributed by atoms with van der Waals surface area (Å²) >= 11 is 11.2. The summed E-state index contributed by atoms with van der Waals surface area (Å²) in [5.74, 6) is 1.53. The van der Waals surface area contributed by atoms with Crippen LogP contribution in [0.1, 0.15) is 18.3 Å². The molecule has 2 aromatic rings. The number of hydrogen-bond donors (Lipinski definition) is 2. The number of hydrogen-bond acceptors (Lipinski definition) is 4. The molecule has 0 amide bonds. The number of nitrogens with one attached hydrogen (secondary N) is 2. The van der Waals surface area contributed by atoms with Crippen molar-refractivity contribution in [2.45, 2.75) is 19.9 Å². The zero-order valence-corrected chi connectivity index (χ0v) is 12.3. The van der Waals surface area contributed by atoms with Crippen molar-refractivity contribution in [2.24, 2.45) is 0 Å². The minimum atomic E-state index is 0.552. The summed E-state index contributed by atoms with van der Waals surface area (Å²) < 4.78 is 7.44. The molecule has 19 heavy (non-hydrogen) atoms. The molecule has 102 valence electrons. The van der Waals surface area contributed by atoms with Gasteiger partial charge in [-0.15, -0.1) is 0 Å². The molecular weight excluding hydrogens is 284 g/mol. The van der Waals surface area contributed by atoms with E-state index in [1.165, 1.54) is 0 Å². The van der Waals surface area contributed by atoms with E-state index < -0.39 is 0 Å². The van der Waals surface area contributed by atoms with Gasteiger partial charge in [-0.1, -0.05) is 24.6 Å². The molecule has 0 atom stereocenters. The molecular formula is C12H15ClN4OS. The standard InChI is InChI=1S/C12H15ClN4OS/c1-3-11-15-16-12(19)17(11)14-7-8-4-5-10(18-2)9(13)6-8/h4-6,14H,3,7H2,1-2H3,(H,16,19). The summed E-state index contributed by atoms with van der Waals surface area (Å²) in [5, 5.41) is 7.48. The van der Waals surface area contributed by atoms with Gasteiger partial charge in [0.05, 0.1) is 18.7 Å². The van der Waals surface area contributed by atoms with Gasteiger partial charge in [0, 0.05) is 6.42 Å². The number of aryl methyl sites for hydroxylation is 1. The van der Waals surface area contributed by atoms with E-state index >= 15 is 0 Å². The van der Waals surface area contributed by atoms with Gasteiger partial charge in [0.1, 0.15) is 5.75 Å². The molecule has 0 radical (unpaired) electrons. The highest BCUT2D eigenvalue weighted by Crippen LogP contribution is 2.24. The summed E-state index contributed by atoms with van der Waals surface area (Å²) in [7, 11) is 1.59. The first-order chi connectivity index (χ1) is 9.15. The van der Waals surface area contributed by atoms with E-state index in [1.54, 1.807) is 11.8 Å². The smallest absolute Gasteiger partial charge is 0.214 e. The third-order valence-electron chi connectivity index (χ3n) is 2.72. The van der Waals surface area contributed by atoms with Crippen LogP contribution in [-0.2, 0) is 13.0 Å². The molecule has 0 aliphatic carbocycles. The highest BCUT2D eigenvalue weighted by atomic mass is 35.5. The van der Waals surface area contributed by atoms with Crippen LogP contribution < -0.4 is 10.2 Å². The van der Waals surface area contributed by atoms with E-state index in [9.17, 15) is 0 Å². The van der Waals surface area contributed by atoms with Gasteiger partial charge in [-0.3, -0.25) is 5.10 Å². The molecule has 0 saturated carbocycles. The molecule has 0 aliphatic heterocycles. The molecule has 5 nitrogen and oxygen atoms in total. The Morgan fingerprint density at radius 2 is 2.32 bits per heavy atom. The molecule has 1 aromatic heterocycles. The van der Waals surface area contributed by atoms with Crippen molar-refractivity contribution >= 4 is 23.8 Å². The quantitative estimate of drug-likeness (QED) is 0.834. The third-order valence-corrected chi connectivity index (χ3v) is 3.28. The molecule has 0 spiro atoms. The summed E-state index contributed by atoms with van der Waals surface area (Å²) in [5.41, 5.74) is 4.25. The second-order valence-corrected chi connectivity index (χ2v) is 4.73. The molecule has 0 bridgehead atoms. The van der Waals surface area contributed by atoms with Crippen molar-refractivity contribution in [1.82, 2.24) is 14.9 Å². The lowest BCUT2D eigenvalue weighted by Crippen LogP contribution is -2.17. The number of benzene rings is 1. The minimum absolute atomic E-state index is 0.552. The number of rotatable bonds is 5. The predicted molar refractivity (Wildman–Crippen MR) is 77.9 cm³/mol. The van der Waals surface area contributed by atoms with Gasteiger partial charge in [0.2, 0.25) is 4.77 Å². The monoisotopic (exact) mass is 298 g/mol. The van der Waals surface area contributed by atoms with E-state index in [0.717, 1.165) is 17.8 Å². The first-order valence-corrected chi connectivity index (χ1v) is 6.67. The lowest BCUT2D eigenvalue weighted by Gasteiger charge is -2.10. The number of nitrogens with zero attached hydrogens (tertiary/aromatic N) is 2. The lowest BCUT2D eigenvalue weighted by atomic mass is 10.2. The largest absolute Gasteiger partial charge is 0.495 e. The van der Waals surface area contributed by atoms with Crippen LogP contribution in [0.2, 0.25) is 5.02 Å². The maximum Gasteiger partial charge on any atom is 0.214 e. The Labute approximate surface area is 121 Å². The topological polar surface area (TPSA) is 54.9 Å². The Balaban J connectivity index is 2.12. The van der Waals surface area contributed by atoms with Crippen molar-refractivity contribution in [3.8, 4) is 5.75 Å². The third kappa shape index (κ3) is 3.08. The van der Waals surface area contributed by atoms with Crippen molar-refractivity contribution in [2.75, 3.05) is 12.5 Å². The van der Waals surface area contributed by atoms with E-state index in [1.807, 2.05) is 25.1 Å². The summed E-state index contributed by atoms with van der Waals surface area (Å²) in [6, 6.07) is 5.66. The maximum absolute atomic E-state index is 6.08. The van der Waals surface area contributed by atoms with Crippen molar-refractivity contribution in [1.29, 1.82) is 0 Å². The summed E-state index contributed by atoms with van der Waals surface area (Å²) in [6.45, 7) is 2.62. The van der Waals surface area contributed by atoms with Gasteiger partial charge < -0.3 is 10.2 Å². The summed E-state index contributed by atoms with van der Waals surface area (Å²) in [4.78, 5) is 0. The van der Waals surface area contributed by atoms with Crippen LogP contribution in [0.15, 0.2) is 18.2 Å². The summed E-state index contributed by atoms with van der Waals surface area (Å²) in [6.07, 6.45) is 0.795. The Hall–Kier alpha value is -1.53. The van der Waals surface area contributed by atoms with Gasteiger partial charge in [0.15, 0.2) is 5.82 Å². The van der Waals surface area contributed by atoms with E-state index in [-0.39, 0.29) is 0 Å². The van der Waals surface area contributed by atoms with Crippen LogP contribution in [0.4, 0.5) is 0 Å². The van der Waals surface area contributed by atoms with Crippen molar-refractivity contribution in [3.05, 3.63) is 39.4 Å². The SMILES string of the molecule is CCc1n[nH]c(=S)n1NCc1ccc(OC)c(Cl)c1.